The van der Waals surface area contributed by atoms with Crippen molar-refractivity contribution >= 4 is 23.3 Å². The summed E-state index contributed by atoms with van der Waals surface area (Å²) < 4.78 is 0. The third-order valence-electron chi connectivity index (χ3n) is 3.38. The Morgan fingerprint density at radius 2 is 1.86 bits per heavy atom. The molecule has 0 spiro atoms. The van der Waals surface area contributed by atoms with Crippen molar-refractivity contribution < 1.29 is 9.59 Å². The molecule has 0 saturated carbocycles. The molecular weight excluding hydrogens is 268 g/mol. The zero-order valence-corrected chi connectivity index (χ0v) is 12.3. The number of hydrogen-bond acceptors (Lipinski definition) is 3. The average Bonchev–Trinajstić information content (AvgIpc) is 3.00. The summed E-state index contributed by atoms with van der Waals surface area (Å²) in [6.45, 7) is 4.40. The van der Waals surface area contributed by atoms with E-state index in [1.165, 1.54) is 12.8 Å². The van der Waals surface area contributed by atoms with Crippen molar-refractivity contribution in [2.45, 2.75) is 19.8 Å². The zero-order valence-electron chi connectivity index (χ0n) is 12.3. The van der Waals surface area contributed by atoms with Gasteiger partial charge in [-0.3, -0.25) is 4.79 Å². The highest BCUT2D eigenvalue weighted by Crippen LogP contribution is 2.28. The summed E-state index contributed by atoms with van der Waals surface area (Å²) in [5.74, 6) is -0.194. The molecule has 0 atom stereocenters. The third kappa shape index (κ3) is 4.37. The number of rotatable bonds is 5. The molecule has 6 heteroatoms. The summed E-state index contributed by atoms with van der Waals surface area (Å²) >= 11 is 0. The summed E-state index contributed by atoms with van der Waals surface area (Å²) in [4.78, 5) is 25.4. The maximum Gasteiger partial charge on any atom is 0.319 e. The van der Waals surface area contributed by atoms with Crippen LogP contribution in [0.2, 0.25) is 0 Å². The van der Waals surface area contributed by atoms with Gasteiger partial charge in [-0.15, -0.1) is 0 Å². The first-order valence-electron chi connectivity index (χ1n) is 7.36. The fourth-order valence-electron chi connectivity index (χ4n) is 2.40. The second-order valence-electron chi connectivity index (χ2n) is 4.97. The van der Waals surface area contributed by atoms with Crippen LogP contribution in [0.4, 0.5) is 16.2 Å². The van der Waals surface area contributed by atoms with Gasteiger partial charge in [-0.2, -0.15) is 0 Å². The molecule has 3 amide bonds. The molecule has 1 heterocycles. The first kappa shape index (κ1) is 15.2. The molecule has 1 saturated heterocycles. The van der Waals surface area contributed by atoms with E-state index in [-0.39, 0.29) is 18.5 Å². The van der Waals surface area contributed by atoms with E-state index in [0.29, 0.717) is 6.54 Å². The predicted molar refractivity (Wildman–Crippen MR) is 83.6 cm³/mol. The van der Waals surface area contributed by atoms with Gasteiger partial charge in [0.15, 0.2) is 0 Å². The van der Waals surface area contributed by atoms with E-state index in [9.17, 15) is 9.59 Å². The highest BCUT2D eigenvalue weighted by molar-refractivity contribution is 5.95. The van der Waals surface area contributed by atoms with E-state index in [1.54, 1.807) is 0 Å². The molecule has 2 rings (SSSR count). The number of anilines is 2. The molecule has 1 aliphatic rings. The van der Waals surface area contributed by atoms with Crippen LogP contribution in [-0.2, 0) is 4.79 Å². The molecule has 1 fully saturated rings. The standard InChI is InChI=1S/C15H22N4O2/c1-2-16-14(20)11-17-15(21)18-12-7-3-4-8-13(12)19-9-5-6-10-19/h3-4,7-8H,2,5-6,9-11H2,1H3,(H,16,20)(H2,17,18,21). The second kappa shape index (κ2) is 7.52. The quantitative estimate of drug-likeness (QED) is 0.770. The number of carbonyl (C=O) groups excluding carboxylic acids is 2. The van der Waals surface area contributed by atoms with Crippen LogP contribution in [0.15, 0.2) is 24.3 Å². The van der Waals surface area contributed by atoms with Crippen molar-refractivity contribution in [3.8, 4) is 0 Å². The summed E-state index contributed by atoms with van der Waals surface area (Å²) in [7, 11) is 0. The van der Waals surface area contributed by atoms with E-state index in [1.807, 2.05) is 31.2 Å². The average molecular weight is 290 g/mol. The topological polar surface area (TPSA) is 73.5 Å². The Balaban J connectivity index is 1.93. The Labute approximate surface area is 124 Å². The van der Waals surface area contributed by atoms with Crippen LogP contribution in [0, 0.1) is 0 Å². The highest BCUT2D eigenvalue weighted by atomic mass is 16.2. The lowest BCUT2D eigenvalue weighted by Gasteiger charge is -2.21. The van der Waals surface area contributed by atoms with Gasteiger partial charge in [0.2, 0.25) is 5.91 Å². The number of urea groups is 1. The van der Waals surface area contributed by atoms with Crippen molar-refractivity contribution in [3.63, 3.8) is 0 Å². The molecule has 0 unspecified atom stereocenters. The molecule has 3 N–H and O–H groups in total. The monoisotopic (exact) mass is 290 g/mol. The van der Waals surface area contributed by atoms with Crippen LogP contribution in [0.25, 0.3) is 0 Å². The fourth-order valence-corrected chi connectivity index (χ4v) is 2.40. The maximum atomic E-state index is 11.9. The Bertz CT molecular complexity index is 498. The van der Waals surface area contributed by atoms with Crippen molar-refractivity contribution in [3.05, 3.63) is 24.3 Å². The summed E-state index contributed by atoms with van der Waals surface area (Å²) in [6, 6.07) is 7.36. The second-order valence-corrected chi connectivity index (χ2v) is 4.97. The Morgan fingerprint density at radius 1 is 1.14 bits per heavy atom. The summed E-state index contributed by atoms with van der Waals surface area (Å²) in [6.07, 6.45) is 2.36. The molecule has 1 aliphatic heterocycles. The number of hydrogen-bond donors (Lipinski definition) is 3. The molecule has 1 aromatic carbocycles. The lowest BCUT2D eigenvalue weighted by molar-refractivity contribution is -0.119. The molecule has 0 aliphatic carbocycles. The zero-order chi connectivity index (χ0) is 15.1. The van der Waals surface area contributed by atoms with Gasteiger partial charge >= 0.3 is 6.03 Å². The Hall–Kier alpha value is -2.24. The predicted octanol–water partition coefficient (Wildman–Crippen LogP) is 1.54. The lowest BCUT2D eigenvalue weighted by Crippen LogP contribution is -2.39. The van der Waals surface area contributed by atoms with Crippen LogP contribution in [-0.4, -0.2) is 38.1 Å². The van der Waals surface area contributed by atoms with E-state index in [2.05, 4.69) is 20.9 Å². The van der Waals surface area contributed by atoms with Gasteiger partial charge in [0.1, 0.15) is 0 Å². The van der Waals surface area contributed by atoms with Crippen LogP contribution in [0.3, 0.4) is 0 Å². The maximum absolute atomic E-state index is 11.9. The van der Waals surface area contributed by atoms with Crippen LogP contribution in [0.5, 0.6) is 0 Å². The minimum Gasteiger partial charge on any atom is -0.370 e. The molecule has 6 nitrogen and oxygen atoms in total. The normalized spacial score (nSPS) is 13.9. The molecule has 21 heavy (non-hydrogen) atoms. The minimum absolute atomic E-state index is 0.0223. The fraction of sp³-hybridized carbons (Fsp3) is 0.467. The molecule has 0 bridgehead atoms. The first-order valence-corrected chi connectivity index (χ1v) is 7.36. The van der Waals surface area contributed by atoms with Crippen LogP contribution < -0.4 is 20.9 Å². The number of likely N-dealkylation sites (N-methyl/N-ethyl adjacent to an activating group) is 1. The van der Waals surface area contributed by atoms with Crippen molar-refractivity contribution in [2.24, 2.45) is 0 Å². The molecule has 0 radical (unpaired) electrons. The van der Waals surface area contributed by atoms with Gasteiger partial charge in [-0.25, -0.2) is 4.79 Å². The number of nitrogens with one attached hydrogen (secondary N) is 3. The third-order valence-corrected chi connectivity index (χ3v) is 3.38. The van der Waals surface area contributed by atoms with E-state index < -0.39 is 0 Å². The van der Waals surface area contributed by atoms with Gasteiger partial charge in [-0.1, -0.05) is 12.1 Å². The minimum atomic E-state index is -0.368. The van der Waals surface area contributed by atoms with Gasteiger partial charge in [0.05, 0.1) is 17.9 Å². The number of para-hydroxylation sites is 2. The van der Waals surface area contributed by atoms with Crippen molar-refractivity contribution in [2.75, 3.05) is 36.4 Å². The van der Waals surface area contributed by atoms with E-state index >= 15 is 0 Å². The molecule has 114 valence electrons. The summed E-state index contributed by atoms with van der Waals surface area (Å²) in [5.41, 5.74) is 1.80. The molecule has 1 aromatic rings. The summed E-state index contributed by atoms with van der Waals surface area (Å²) in [5, 5.41) is 8.00. The van der Waals surface area contributed by atoms with Gasteiger partial charge in [0.25, 0.3) is 0 Å². The van der Waals surface area contributed by atoms with Crippen molar-refractivity contribution in [1.82, 2.24) is 10.6 Å². The Morgan fingerprint density at radius 3 is 2.57 bits per heavy atom. The van der Waals surface area contributed by atoms with E-state index in [0.717, 1.165) is 24.5 Å². The highest BCUT2D eigenvalue weighted by Gasteiger charge is 2.16. The van der Waals surface area contributed by atoms with Gasteiger partial charge in [-0.05, 0) is 31.9 Å². The molecule has 0 aromatic heterocycles. The number of benzene rings is 1. The number of carbonyl (C=O) groups is 2. The number of nitrogens with zero attached hydrogens (tertiary/aromatic N) is 1. The van der Waals surface area contributed by atoms with Crippen molar-refractivity contribution in [1.29, 1.82) is 0 Å². The number of amides is 3. The van der Waals surface area contributed by atoms with Crippen LogP contribution in [0.1, 0.15) is 19.8 Å². The smallest absolute Gasteiger partial charge is 0.319 e. The van der Waals surface area contributed by atoms with Gasteiger partial charge < -0.3 is 20.9 Å². The Kier molecular flexibility index (Phi) is 5.43. The van der Waals surface area contributed by atoms with Gasteiger partial charge in [0, 0.05) is 19.6 Å². The SMILES string of the molecule is CCNC(=O)CNC(=O)Nc1ccccc1N1CCCC1. The van der Waals surface area contributed by atoms with Crippen LogP contribution >= 0.6 is 0 Å². The largest absolute Gasteiger partial charge is 0.370 e. The van der Waals surface area contributed by atoms with E-state index in [4.69, 9.17) is 0 Å². The molecular formula is C15H22N4O2. The first-order chi connectivity index (χ1) is 10.2. The lowest BCUT2D eigenvalue weighted by atomic mass is 10.2.